The summed E-state index contributed by atoms with van der Waals surface area (Å²) in [5, 5.41) is 3.01. The van der Waals surface area contributed by atoms with Gasteiger partial charge in [0, 0.05) is 16.7 Å². The number of nitrogens with one attached hydrogen (secondary N) is 1. The van der Waals surface area contributed by atoms with E-state index in [2.05, 4.69) is 23.5 Å². The molecule has 7 heteroatoms. The number of methoxy groups -OCH3 is 2. The third kappa shape index (κ3) is 5.42. The number of carbonyl (C=O) groups is 1. The van der Waals surface area contributed by atoms with Crippen molar-refractivity contribution in [1.29, 1.82) is 0 Å². The molecular weight excluding hydrogens is 398 g/mol. The number of anilines is 1. The maximum atomic E-state index is 12.9. The fourth-order valence-electron chi connectivity index (χ4n) is 3.66. The lowest BCUT2D eigenvalue weighted by molar-refractivity contribution is -0.118. The molecule has 1 saturated carbocycles. The maximum absolute atomic E-state index is 12.9. The number of amides is 1. The predicted molar refractivity (Wildman–Crippen MR) is 123 cm³/mol. The normalized spacial score (nSPS) is 25.0. The molecule has 1 amide bonds. The second kappa shape index (κ2) is 10.3. The molecule has 6 nitrogen and oxygen atoms in total. The van der Waals surface area contributed by atoms with Gasteiger partial charge in [0.15, 0.2) is 0 Å². The van der Waals surface area contributed by atoms with Gasteiger partial charge in [-0.1, -0.05) is 17.7 Å². The number of nitrogens with zero attached hydrogens (tertiary/aromatic N) is 1. The van der Waals surface area contributed by atoms with Crippen molar-refractivity contribution >= 4 is 23.5 Å². The average Bonchev–Trinajstić information content (AvgIpc) is 3.18. The van der Waals surface area contributed by atoms with Crippen molar-refractivity contribution in [2.45, 2.75) is 26.2 Å². The molecule has 1 fully saturated rings. The summed E-state index contributed by atoms with van der Waals surface area (Å²) in [6, 6.07) is 5.57. The lowest BCUT2D eigenvalue weighted by Gasteiger charge is -2.26. The summed E-state index contributed by atoms with van der Waals surface area (Å²) in [5.41, 5.74) is 8.53. The Kier molecular flexibility index (Phi) is 7.52. The Bertz CT molecular complexity index is 905. The fraction of sp³-hybridized carbons (Fsp3) is 0.348. The van der Waals surface area contributed by atoms with E-state index >= 15 is 0 Å². The van der Waals surface area contributed by atoms with Gasteiger partial charge in [-0.2, -0.15) is 0 Å². The Morgan fingerprint density at radius 2 is 2.13 bits per heavy atom. The van der Waals surface area contributed by atoms with Crippen LogP contribution in [-0.2, 0) is 4.79 Å². The van der Waals surface area contributed by atoms with Crippen molar-refractivity contribution < 1.29 is 14.3 Å². The van der Waals surface area contributed by atoms with Crippen LogP contribution in [0.15, 0.2) is 64.9 Å². The van der Waals surface area contributed by atoms with E-state index in [4.69, 9.17) is 15.2 Å². The molecule has 1 unspecified atom stereocenters. The molecule has 0 radical (unpaired) electrons. The largest absolute Gasteiger partial charge is 0.497 e. The Morgan fingerprint density at radius 3 is 2.83 bits per heavy atom. The lowest BCUT2D eigenvalue weighted by atomic mass is 10.1. The van der Waals surface area contributed by atoms with Crippen LogP contribution in [0.3, 0.4) is 0 Å². The van der Waals surface area contributed by atoms with E-state index in [0.717, 1.165) is 35.6 Å². The summed E-state index contributed by atoms with van der Waals surface area (Å²) in [6.07, 6.45) is 12.7. The number of ether oxygens (including phenoxy) is 2. The lowest BCUT2D eigenvalue weighted by Crippen LogP contribution is -2.33. The van der Waals surface area contributed by atoms with Gasteiger partial charge in [0.25, 0.3) is 0 Å². The molecule has 1 heterocycles. The van der Waals surface area contributed by atoms with Gasteiger partial charge in [0.05, 0.1) is 19.9 Å². The molecule has 1 atom stereocenters. The van der Waals surface area contributed by atoms with Gasteiger partial charge < -0.3 is 20.5 Å². The highest BCUT2D eigenvalue weighted by Gasteiger charge is 2.23. The highest BCUT2D eigenvalue weighted by molar-refractivity contribution is 8.04. The zero-order chi connectivity index (χ0) is 21.5. The molecule has 0 aromatic heterocycles. The van der Waals surface area contributed by atoms with Crippen molar-refractivity contribution in [2.24, 2.45) is 11.7 Å². The molecule has 2 bridgehead atoms. The molecule has 0 spiro atoms. The van der Waals surface area contributed by atoms with E-state index in [1.54, 1.807) is 20.3 Å². The molecule has 3 N–H and O–H groups in total. The van der Waals surface area contributed by atoms with Gasteiger partial charge in [-0.05, 0) is 74.5 Å². The fourth-order valence-corrected chi connectivity index (χ4v) is 4.66. The summed E-state index contributed by atoms with van der Waals surface area (Å²) in [6.45, 7) is 2.15. The van der Waals surface area contributed by atoms with E-state index in [1.807, 2.05) is 29.4 Å². The summed E-state index contributed by atoms with van der Waals surface area (Å²) in [5.74, 6) is 1.64. The van der Waals surface area contributed by atoms with Crippen LogP contribution in [0.2, 0.25) is 0 Å². The number of hydrogen-bond acceptors (Lipinski definition) is 6. The quantitative estimate of drug-likeness (QED) is 0.699. The van der Waals surface area contributed by atoms with Gasteiger partial charge in [-0.3, -0.25) is 9.10 Å². The zero-order valence-electron chi connectivity index (χ0n) is 17.7. The first-order chi connectivity index (χ1) is 14.6. The van der Waals surface area contributed by atoms with Crippen LogP contribution in [0.4, 0.5) is 5.69 Å². The van der Waals surface area contributed by atoms with Crippen LogP contribution < -0.4 is 24.8 Å². The van der Waals surface area contributed by atoms with Crippen LogP contribution in [0, 0.1) is 5.92 Å². The summed E-state index contributed by atoms with van der Waals surface area (Å²) in [4.78, 5) is 14.0. The van der Waals surface area contributed by atoms with E-state index in [1.165, 1.54) is 23.7 Å². The minimum atomic E-state index is -0.130. The maximum Gasteiger partial charge on any atom is 0.244 e. The van der Waals surface area contributed by atoms with Gasteiger partial charge in [0.1, 0.15) is 18.0 Å². The SMILES string of the molecule is C/C=C1\C=C2/CCC(/C=C(\C=C/N)NC(=O)CN(c3cc(OC)ccc3OC)S1)C2. The molecule has 1 aromatic rings. The third-order valence-electron chi connectivity index (χ3n) is 5.12. The molecule has 3 rings (SSSR count). The molecule has 0 saturated heterocycles. The number of rotatable bonds is 4. The standard InChI is InChI=1S/C23H29N3O3S/c1-4-20-13-17-6-5-16(11-17)12-18(9-10-24)25-23(27)15-26(30-20)21-14-19(28-2)7-8-22(21)29-3/h4,7-10,12-14,16H,5-6,11,15,24H2,1-3H3,(H,25,27)/b10-9-,17-13+,18-12+,20-4+. The van der Waals surface area contributed by atoms with Gasteiger partial charge >= 0.3 is 0 Å². The Morgan fingerprint density at radius 1 is 1.30 bits per heavy atom. The van der Waals surface area contributed by atoms with E-state index in [0.29, 0.717) is 17.4 Å². The molecular formula is C23H29N3O3S. The van der Waals surface area contributed by atoms with Crippen LogP contribution in [0.5, 0.6) is 11.5 Å². The highest BCUT2D eigenvalue weighted by Crippen LogP contribution is 2.40. The molecule has 1 aliphatic heterocycles. The number of nitrogens with two attached hydrogens (primary N) is 1. The first-order valence-electron chi connectivity index (χ1n) is 9.99. The number of benzene rings is 1. The zero-order valence-corrected chi connectivity index (χ0v) is 18.5. The molecule has 30 heavy (non-hydrogen) atoms. The summed E-state index contributed by atoms with van der Waals surface area (Å²) >= 11 is 1.52. The third-order valence-corrected chi connectivity index (χ3v) is 6.23. The second-order valence-electron chi connectivity index (χ2n) is 7.19. The van der Waals surface area contributed by atoms with Crippen LogP contribution in [0.25, 0.3) is 0 Å². The second-order valence-corrected chi connectivity index (χ2v) is 8.29. The molecule has 1 aromatic carbocycles. The number of carbonyl (C=O) groups excluding carboxylic acids is 1. The Hall–Kier alpha value is -2.80. The van der Waals surface area contributed by atoms with Crippen LogP contribution >= 0.6 is 11.9 Å². The van der Waals surface area contributed by atoms with E-state index in [9.17, 15) is 4.79 Å². The van der Waals surface area contributed by atoms with Crippen molar-refractivity contribution in [2.75, 3.05) is 25.1 Å². The van der Waals surface area contributed by atoms with Crippen molar-refractivity contribution in [3.63, 3.8) is 0 Å². The minimum Gasteiger partial charge on any atom is -0.497 e. The molecule has 2 aliphatic rings. The van der Waals surface area contributed by atoms with Crippen LogP contribution in [0.1, 0.15) is 26.2 Å². The van der Waals surface area contributed by atoms with Crippen molar-refractivity contribution in [1.82, 2.24) is 5.32 Å². The number of fused-ring (bicyclic) bond motifs is 2. The molecule has 1 aliphatic carbocycles. The summed E-state index contributed by atoms with van der Waals surface area (Å²) in [7, 11) is 3.24. The number of hydrogen-bond donors (Lipinski definition) is 2. The number of allylic oxidation sites excluding steroid dienone is 5. The van der Waals surface area contributed by atoms with Gasteiger partial charge in [-0.25, -0.2) is 0 Å². The highest BCUT2D eigenvalue weighted by atomic mass is 32.2. The first-order valence-corrected chi connectivity index (χ1v) is 10.8. The first kappa shape index (κ1) is 21.9. The van der Waals surface area contributed by atoms with E-state index in [-0.39, 0.29) is 12.5 Å². The molecule has 160 valence electrons. The topological polar surface area (TPSA) is 76.8 Å². The predicted octanol–water partition coefficient (Wildman–Crippen LogP) is 4.27. The minimum absolute atomic E-state index is 0.130. The average molecular weight is 428 g/mol. The van der Waals surface area contributed by atoms with Gasteiger partial charge in [-0.15, -0.1) is 0 Å². The van der Waals surface area contributed by atoms with Crippen LogP contribution in [-0.4, -0.2) is 26.7 Å². The van der Waals surface area contributed by atoms with E-state index < -0.39 is 0 Å². The van der Waals surface area contributed by atoms with Gasteiger partial charge in [0.2, 0.25) is 5.91 Å². The Labute approximate surface area is 182 Å². The monoisotopic (exact) mass is 427 g/mol. The smallest absolute Gasteiger partial charge is 0.244 e. The van der Waals surface area contributed by atoms with Crippen molar-refractivity contribution in [3.05, 3.63) is 64.9 Å². The van der Waals surface area contributed by atoms with Crippen molar-refractivity contribution in [3.8, 4) is 11.5 Å². The Balaban J connectivity index is 2.03. The summed E-state index contributed by atoms with van der Waals surface area (Å²) < 4.78 is 12.9.